The molecule has 6 nitrogen and oxygen atoms in total. The molecule has 27 heavy (non-hydrogen) atoms. The van der Waals surface area contributed by atoms with Gasteiger partial charge >= 0.3 is 5.97 Å². The van der Waals surface area contributed by atoms with Crippen molar-refractivity contribution < 1.29 is 19.1 Å². The van der Waals surface area contributed by atoms with E-state index in [-0.39, 0.29) is 12.5 Å². The van der Waals surface area contributed by atoms with Gasteiger partial charge in [0, 0.05) is 11.3 Å². The van der Waals surface area contributed by atoms with Gasteiger partial charge in [-0.3, -0.25) is 14.4 Å². The van der Waals surface area contributed by atoms with Crippen LogP contribution in [0.25, 0.3) is 11.1 Å². The summed E-state index contributed by atoms with van der Waals surface area (Å²) in [6.45, 7) is 1.38. The summed E-state index contributed by atoms with van der Waals surface area (Å²) in [6.07, 6.45) is -0.966. The maximum Gasteiger partial charge on any atom is 0.326 e. The van der Waals surface area contributed by atoms with Crippen LogP contribution in [0.1, 0.15) is 6.92 Å². The average Bonchev–Trinajstić information content (AvgIpc) is 3.07. The van der Waals surface area contributed by atoms with Crippen LogP contribution < -0.4 is 5.32 Å². The fourth-order valence-electron chi connectivity index (χ4n) is 2.68. The van der Waals surface area contributed by atoms with Gasteiger partial charge in [-0.15, -0.1) is 11.8 Å². The number of hydrogen-bond donors (Lipinski definition) is 1. The molecule has 2 aromatic carbocycles. The van der Waals surface area contributed by atoms with E-state index in [1.807, 2.05) is 48.5 Å². The van der Waals surface area contributed by atoms with Gasteiger partial charge in [0.25, 0.3) is 5.91 Å². The lowest BCUT2D eigenvalue weighted by Crippen LogP contribution is -2.36. The lowest BCUT2D eigenvalue weighted by Gasteiger charge is -2.18. The summed E-state index contributed by atoms with van der Waals surface area (Å²) in [5.74, 6) is -0.261. The summed E-state index contributed by atoms with van der Waals surface area (Å²) in [4.78, 5) is 37.4. The normalized spacial score (nSPS) is 14.7. The van der Waals surface area contributed by atoms with E-state index in [2.05, 4.69) is 5.32 Å². The number of thioether (sulfide) groups is 1. The van der Waals surface area contributed by atoms with Gasteiger partial charge in [0.05, 0.1) is 11.6 Å². The molecular weight excluding hydrogens is 364 g/mol. The molecule has 1 aliphatic heterocycles. The minimum Gasteiger partial charge on any atom is -0.451 e. The number of esters is 1. The zero-order valence-electron chi connectivity index (χ0n) is 14.9. The van der Waals surface area contributed by atoms with Crippen LogP contribution in [0.3, 0.4) is 0 Å². The Labute approximate surface area is 161 Å². The molecule has 1 N–H and O–H groups in total. The molecular formula is C20H20N2O4S. The minimum atomic E-state index is -0.966. The molecule has 1 atom stereocenters. The summed E-state index contributed by atoms with van der Waals surface area (Å²) in [7, 11) is 0. The number of para-hydroxylation sites is 1. The minimum absolute atomic E-state index is 0.0918. The Morgan fingerprint density at radius 3 is 2.56 bits per heavy atom. The van der Waals surface area contributed by atoms with Gasteiger partial charge < -0.3 is 15.0 Å². The second kappa shape index (κ2) is 8.73. The molecule has 7 heteroatoms. The first-order valence-electron chi connectivity index (χ1n) is 8.55. The van der Waals surface area contributed by atoms with Crippen molar-refractivity contribution in [2.75, 3.05) is 23.5 Å². The smallest absolute Gasteiger partial charge is 0.326 e. The zero-order valence-corrected chi connectivity index (χ0v) is 15.7. The number of ether oxygens (including phenoxy) is 1. The maximum atomic E-state index is 12.5. The highest BCUT2D eigenvalue weighted by molar-refractivity contribution is 8.00. The van der Waals surface area contributed by atoms with Crippen molar-refractivity contribution in [3.05, 3.63) is 54.6 Å². The topological polar surface area (TPSA) is 75.7 Å². The average molecular weight is 384 g/mol. The third-order valence-electron chi connectivity index (χ3n) is 4.09. The summed E-state index contributed by atoms with van der Waals surface area (Å²) < 4.78 is 5.19. The van der Waals surface area contributed by atoms with Crippen LogP contribution in [0, 0.1) is 0 Å². The Kier molecular flexibility index (Phi) is 6.13. The number of carbonyl (C=O) groups excluding carboxylic acids is 3. The van der Waals surface area contributed by atoms with Crippen LogP contribution in [0.5, 0.6) is 0 Å². The first-order chi connectivity index (χ1) is 13.0. The molecule has 1 aliphatic rings. The van der Waals surface area contributed by atoms with Crippen molar-refractivity contribution in [1.82, 2.24) is 4.90 Å². The van der Waals surface area contributed by atoms with E-state index >= 15 is 0 Å². The van der Waals surface area contributed by atoms with E-state index in [0.29, 0.717) is 17.3 Å². The van der Waals surface area contributed by atoms with Gasteiger partial charge in [-0.1, -0.05) is 48.5 Å². The van der Waals surface area contributed by atoms with Gasteiger partial charge in [0.2, 0.25) is 5.91 Å². The molecule has 0 saturated carbocycles. The van der Waals surface area contributed by atoms with E-state index in [4.69, 9.17) is 4.74 Å². The molecule has 3 rings (SSSR count). The van der Waals surface area contributed by atoms with Gasteiger partial charge in [-0.05, 0) is 18.6 Å². The van der Waals surface area contributed by atoms with E-state index in [0.717, 1.165) is 11.1 Å². The van der Waals surface area contributed by atoms with Crippen molar-refractivity contribution in [3.8, 4) is 11.1 Å². The largest absolute Gasteiger partial charge is 0.451 e. The second-order valence-electron chi connectivity index (χ2n) is 6.10. The molecule has 2 aromatic rings. The van der Waals surface area contributed by atoms with Gasteiger partial charge in [-0.25, -0.2) is 0 Å². The Morgan fingerprint density at radius 2 is 1.85 bits per heavy atom. The van der Waals surface area contributed by atoms with E-state index in [9.17, 15) is 14.4 Å². The highest BCUT2D eigenvalue weighted by atomic mass is 32.2. The van der Waals surface area contributed by atoms with Crippen LogP contribution >= 0.6 is 11.8 Å². The van der Waals surface area contributed by atoms with Crippen LogP contribution in [-0.2, 0) is 19.1 Å². The monoisotopic (exact) mass is 384 g/mol. The predicted molar refractivity (Wildman–Crippen MR) is 105 cm³/mol. The van der Waals surface area contributed by atoms with Crippen molar-refractivity contribution in [3.63, 3.8) is 0 Å². The molecule has 140 valence electrons. The van der Waals surface area contributed by atoms with Crippen LogP contribution in [0.15, 0.2) is 54.6 Å². The second-order valence-corrected chi connectivity index (χ2v) is 7.06. The molecule has 0 spiro atoms. The Balaban J connectivity index is 1.62. The number of benzene rings is 2. The van der Waals surface area contributed by atoms with Crippen LogP contribution in [-0.4, -0.2) is 47.0 Å². The SMILES string of the molecule is C[C@@H](OC(=O)CN1CSCC1=O)C(=O)Nc1ccccc1-c1ccccc1. The first-order valence-corrected chi connectivity index (χ1v) is 9.70. The maximum absolute atomic E-state index is 12.5. The molecule has 1 heterocycles. The van der Waals surface area contributed by atoms with Crippen LogP contribution in [0.4, 0.5) is 5.69 Å². The molecule has 1 saturated heterocycles. The fourth-order valence-corrected chi connectivity index (χ4v) is 3.58. The van der Waals surface area contributed by atoms with Gasteiger partial charge in [0.15, 0.2) is 6.10 Å². The highest BCUT2D eigenvalue weighted by Gasteiger charge is 2.26. The number of rotatable bonds is 6. The van der Waals surface area contributed by atoms with Crippen molar-refractivity contribution >= 4 is 35.2 Å². The Hall–Kier alpha value is -2.80. The number of nitrogens with zero attached hydrogens (tertiary/aromatic N) is 1. The van der Waals surface area contributed by atoms with Gasteiger partial charge in [-0.2, -0.15) is 0 Å². The number of carbonyl (C=O) groups is 3. The molecule has 2 amide bonds. The van der Waals surface area contributed by atoms with Crippen molar-refractivity contribution in [2.24, 2.45) is 0 Å². The standard InChI is InChI=1S/C20H20N2O4S/c1-14(26-19(24)11-22-13-27-12-18(22)23)20(25)21-17-10-6-5-9-16(17)15-7-3-2-4-8-15/h2-10,14H,11-13H2,1H3,(H,21,25)/t14-/m1/s1. The first kappa shape index (κ1) is 19.0. The van der Waals surface area contributed by atoms with E-state index in [1.54, 1.807) is 6.07 Å². The lowest BCUT2D eigenvalue weighted by atomic mass is 10.0. The Bertz CT molecular complexity index is 841. The third kappa shape index (κ3) is 4.89. The lowest BCUT2D eigenvalue weighted by molar-refractivity contribution is -0.155. The van der Waals surface area contributed by atoms with Crippen molar-refractivity contribution in [1.29, 1.82) is 0 Å². The summed E-state index contributed by atoms with van der Waals surface area (Å²) in [5, 5.41) is 2.82. The number of nitrogens with one attached hydrogen (secondary N) is 1. The summed E-state index contributed by atoms with van der Waals surface area (Å²) in [6, 6.07) is 17.1. The van der Waals surface area contributed by atoms with E-state index in [1.165, 1.54) is 23.6 Å². The number of hydrogen-bond acceptors (Lipinski definition) is 5. The number of amides is 2. The fraction of sp³-hybridized carbons (Fsp3) is 0.250. The molecule has 0 radical (unpaired) electrons. The van der Waals surface area contributed by atoms with E-state index < -0.39 is 18.0 Å². The predicted octanol–water partition coefficient (Wildman–Crippen LogP) is 2.76. The number of anilines is 1. The molecule has 0 aromatic heterocycles. The quantitative estimate of drug-likeness (QED) is 0.775. The molecule has 0 unspecified atom stereocenters. The molecule has 0 bridgehead atoms. The summed E-state index contributed by atoms with van der Waals surface area (Å²) >= 11 is 1.45. The third-order valence-corrected chi connectivity index (χ3v) is 5.04. The van der Waals surface area contributed by atoms with Crippen molar-refractivity contribution in [2.45, 2.75) is 13.0 Å². The zero-order chi connectivity index (χ0) is 19.2. The Morgan fingerprint density at radius 1 is 1.15 bits per heavy atom. The molecule has 1 fully saturated rings. The summed E-state index contributed by atoms with van der Waals surface area (Å²) in [5.41, 5.74) is 2.50. The highest BCUT2D eigenvalue weighted by Crippen LogP contribution is 2.27. The van der Waals surface area contributed by atoms with Gasteiger partial charge in [0.1, 0.15) is 6.54 Å². The molecule has 0 aliphatic carbocycles. The van der Waals surface area contributed by atoms with Crippen LogP contribution in [0.2, 0.25) is 0 Å².